The second kappa shape index (κ2) is 4.39. The van der Waals surface area contributed by atoms with Crippen LogP contribution in [0.15, 0.2) is 9.98 Å². The second-order valence-electron chi connectivity index (χ2n) is 2.53. The number of nitrogens with zero attached hydrogens (tertiary/aromatic N) is 1. The molecule has 0 aliphatic carbocycles. The summed E-state index contributed by atoms with van der Waals surface area (Å²) in [5.74, 6) is 0.129. The van der Waals surface area contributed by atoms with Crippen molar-refractivity contribution >= 4 is 42.2 Å². The van der Waals surface area contributed by atoms with E-state index in [2.05, 4.69) is 26.2 Å². The van der Waals surface area contributed by atoms with Gasteiger partial charge in [0.15, 0.2) is 5.13 Å². The van der Waals surface area contributed by atoms with Crippen molar-refractivity contribution < 1.29 is 8.42 Å². The van der Waals surface area contributed by atoms with Gasteiger partial charge in [0, 0.05) is 18.2 Å². The highest BCUT2D eigenvalue weighted by molar-refractivity contribution is 9.10. The third kappa shape index (κ3) is 4.58. The Kier molecular flexibility index (Phi) is 3.69. The number of nitrogens with one attached hydrogen (secondary N) is 1. The molecule has 1 aromatic rings. The predicted molar refractivity (Wildman–Crippen MR) is 58.0 cm³/mol. The molecule has 7 heteroatoms. The Bertz CT molecular complexity index is 374. The van der Waals surface area contributed by atoms with Gasteiger partial charge in [-0.25, -0.2) is 13.4 Å². The molecule has 0 saturated heterocycles. The van der Waals surface area contributed by atoms with E-state index in [0.717, 1.165) is 9.73 Å². The van der Waals surface area contributed by atoms with E-state index in [0.29, 0.717) is 6.54 Å². The van der Waals surface area contributed by atoms with Crippen LogP contribution in [-0.4, -0.2) is 32.0 Å². The minimum Gasteiger partial charge on any atom is -0.360 e. The second-order valence-corrected chi connectivity index (χ2v) is 6.46. The SMILES string of the molecule is CS(=O)(=O)CCNc1nc(Br)cs1. The van der Waals surface area contributed by atoms with E-state index < -0.39 is 9.84 Å². The van der Waals surface area contributed by atoms with E-state index in [9.17, 15) is 8.42 Å². The molecule has 0 bridgehead atoms. The highest BCUT2D eigenvalue weighted by Crippen LogP contribution is 2.18. The Morgan fingerprint density at radius 3 is 2.85 bits per heavy atom. The summed E-state index contributed by atoms with van der Waals surface area (Å²) in [6.07, 6.45) is 1.21. The number of halogens is 1. The molecule has 0 aromatic carbocycles. The average molecular weight is 285 g/mol. The van der Waals surface area contributed by atoms with Gasteiger partial charge in [-0.1, -0.05) is 0 Å². The molecule has 0 aliphatic heterocycles. The number of sulfone groups is 1. The summed E-state index contributed by atoms with van der Waals surface area (Å²) in [5.41, 5.74) is 0. The van der Waals surface area contributed by atoms with Crippen molar-refractivity contribution in [1.82, 2.24) is 4.98 Å². The molecule has 0 aliphatic rings. The Hall–Kier alpha value is -0.140. The molecule has 0 radical (unpaired) electrons. The van der Waals surface area contributed by atoms with Crippen LogP contribution in [0.5, 0.6) is 0 Å². The van der Waals surface area contributed by atoms with E-state index in [1.807, 2.05) is 5.38 Å². The Balaban J connectivity index is 2.36. The topological polar surface area (TPSA) is 59.1 Å². The van der Waals surface area contributed by atoms with E-state index in [-0.39, 0.29) is 5.75 Å². The summed E-state index contributed by atoms with van der Waals surface area (Å²) in [4.78, 5) is 4.06. The van der Waals surface area contributed by atoms with Crippen LogP contribution in [0, 0.1) is 0 Å². The predicted octanol–water partition coefficient (Wildman–Crippen LogP) is 1.36. The van der Waals surface area contributed by atoms with Crippen LogP contribution < -0.4 is 5.32 Å². The standard InChI is InChI=1S/C6H9BrN2O2S2/c1-13(10,11)3-2-8-6-9-5(7)4-12-6/h4H,2-3H2,1H3,(H,8,9). The van der Waals surface area contributed by atoms with Crippen LogP contribution in [0.1, 0.15) is 0 Å². The lowest BCUT2D eigenvalue weighted by molar-refractivity contribution is 0.602. The highest BCUT2D eigenvalue weighted by Gasteiger charge is 2.02. The van der Waals surface area contributed by atoms with Gasteiger partial charge in [0.25, 0.3) is 0 Å². The molecule has 1 heterocycles. The first-order valence-electron chi connectivity index (χ1n) is 3.50. The summed E-state index contributed by atoms with van der Waals surface area (Å²) in [6, 6.07) is 0. The smallest absolute Gasteiger partial charge is 0.183 e. The van der Waals surface area contributed by atoms with Crippen molar-refractivity contribution in [2.75, 3.05) is 23.9 Å². The van der Waals surface area contributed by atoms with E-state index in [4.69, 9.17) is 0 Å². The van der Waals surface area contributed by atoms with Gasteiger partial charge in [0.1, 0.15) is 14.4 Å². The molecule has 0 amide bonds. The van der Waals surface area contributed by atoms with Crippen LogP contribution in [0.4, 0.5) is 5.13 Å². The summed E-state index contributed by atoms with van der Waals surface area (Å²) in [7, 11) is -2.88. The largest absolute Gasteiger partial charge is 0.360 e. The quantitative estimate of drug-likeness (QED) is 0.907. The van der Waals surface area contributed by atoms with Gasteiger partial charge in [0.2, 0.25) is 0 Å². The van der Waals surface area contributed by atoms with Crippen molar-refractivity contribution in [3.05, 3.63) is 9.98 Å². The first-order valence-corrected chi connectivity index (χ1v) is 7.23. The number of aromatic nitrogens is 1. The molecular weight excluding hydrogens is 276 g/mol. The number of anilines is 1. The van der Waals surface area contributed by atoms with E-state index in [1.165, 1.54) is 17.6 Å². The lowest BCUT2D eigenvalue weighted by atomic mass is 10.7. The lowest BCUT2D eigenvalue weighted by Gasteiger charge is -1.99. The monoisotopic (exact) mass is 284 g/mol. The van der Waals surface area contributed by atoms with Gasteiger partial charge in [-0.05, 0) is 15.9 Å². The first-order chi connectivity index (χ1) is 5.97. The molecule has 1 aromatic heterocycles. The lowest BCUT2D eigenvalue weighted by Crippen LogP contribution is -2.13. The Morgan fingerprint density at radius 1 is 1.69 bits per heavy atom. The Labute approximate surface area is 89.4 Å². The van der Waals surface area contributed by atoms with Crippen LogP contribution in [-0.2, 0) is 9.84 Å². The van der Waals surface area contributed by atoms with Crippen LogP contribution in [0.25, 0.3) is 0 Å². The number of hydrogen-bond donors (Lipinski definition) is 1. The fourth-order valence-corrected chi connectivity index (χ4v) is 2.32. The van der Waals surface area contributed by atoms with Crippen LogP contribution >= 0.6 is 27.3 Å². The molecule has 0 fully saturated rings. The van der Waals surface area contributed by atoms with Crippen molar-refractivity contribution in [2.24, 2.45) is 0 Å². The molecule has 0 atom stereocenters. The number of rotatable bonds is 4. The minimum absolute atomic E-state index is 0.129. The third-order valence-electron chi connectivity index (χ3n) is 1.23. The molecule has 0 spiro atoms. The summed E-state index contributed by atoms with van der Waals surface area (Å²) >= 11 is 4.64. The fourth-order valence-electron chi connectivity index (χ4n) is 0.679. The zero-order valence-corrected chi connectivity index (χ0v) is 10.2. The number of hydrogen-bond acceptors (Lipinski definition) is 5. The third-order valence-corrected chi connectivity index (χ3v) is 3.68. The summed E-state index contributed by atoms with van der Waals surface area (Å²) in [5, 5.41) is 5.49. The zero-order chi connectivity index (χ0) is 9.90. The average Bonchev–Trinajstić information content (AvgIpc) is 2.33. The molecule has 0 saturated carbocycles. The molecule has 74 valence electrons. The van der Waals surface area contributed by atoms with Crippen molar-refractivity contribution in [3.63, 3.8) is 0 Å². The fraction of sp³-hybridized carbons (Fsp3) is 0.500. The normalized spacial score (nSPS) is 11.5. The minimum atomic E-state index is -2.88. The van der Waals surface area contributed by atoms with Crippen LogP contribution in [0.2, 0.25) is 0 Å². The molecule has 4 nitrogen and oxygen atoms in total. The van der Waals surface area contributed by atoms with Gasteiger partial charge in [-0.2, -0.15) is 0 Å². The zero-order valence-electron chi connectivity index (χ0n) is 6.95. The van der Waals surface area contributed by atoms with E-state index in [1.54, 1.807) is 0 Å². The van der Waals surface area contributed by atoms with Crippen molar-refractivity contribution in [3.8, 4) is 0 Å². The van der Waals surface area contributed by atoms with E-state index >= 15 is 0 Å². The maximum absolute atomic E-state index is 10.8. The molecular formula is C6H9BrN2O2S2. The molecule has 0 unspecified atom stereocenters. The van der Waals surface area contributed by atoms with Gasteiger partial charge in [0.05, 0.1) is 5.75 Å². The van der Waals surface area contributed by atoms with Gasteiger partial charge in [-0.3, -0.25) is 0 Å². The van der Waals surface area contributed by atoms with Crippen molar-refractivity contribution in [1.29, 1.82) is 0 Å². The maximum Gasteiger partial charge on any atom is 0.183 e. The van der Waals surface area contributed by atoms with Gasteiger partial charge >= 0.3 is 0 Å². The van der Waals surface area contributed by atoms with Gasteiger partial charge < -0.3 is 5.32 Å². The first kappa shape index (κ1) is 10.9. The summed E-state index contributed by atoms with van der Waals surface area (Å²) in [6.45, 7) is 0.402. The van der Waals surface area contributed by atoms with Crippen LogP contribution in [0.3, 0.4) is 0 Å². The molecule has 1 rings (SSSR count). The van der Waals surface area contributed by atoms with Gasteiger partial charge in [-0.15, -0.1) is 11.3 Å². The molecule has 13 heavy (non-hydrogen) atoms. The highest BCUT2D eigenvalue weighted by atomic mass is 79.9. The van der Waals surface area contributed by atoms with Crippen molar-refractivity contribution in [2.45, 2.75) is 0 Å². The Morgan fingerprint density at radius 2 is 2.38 bits per heavy atom. The summed E-state index contributed by atoms with van der Waals surface area (Å²) < 4.78 is 22.3. The number of thiazole rings is 1. The maximum atomic E-state index is 10.8. The molecule has 1 N–H and O–H groups in total.